The number of hydrogen-bond acceptors (Lipinski definition) is 5. The van der Waals surface area contributed by atoms with Crippen LogP contribution in [0.15, 0.2) is 47.4 Å². The zero-order valence-corrected chi connectivity index (χ0v) is 16.9. The summed E-state index contributed by atoms with van der Waals surface area (Å²) in [5.41, 5.74) is 1.08. The molecule has 3 rings (SSSR count). The first kappa shape index (κ1) is 20.3. The highest BCUT2D eigenvalue weighted by Crippen LogP contribution is 2.27. The molecule has 0 aliphatic carbocycles. The fourth-order valence-electron chi connectivity index (χ4n) is 2.94. The first-order valence-corrected chi connectivity index (χ1v) is 11.5. The lowest BCUT2D eigenvalue weighted by Crippen LogP contribution is -2.44. The topological polar surface area (TPSA) is 83.6 Å². The van der Waals surface area contributed by atoms with Crippen molar-refractivity contribution < 1.29 is 22.4 Å². The lowest BCUT2D eigenvalue weighted by atomic mass is 10.1. The molecule has 0 radical (unpaired) electrons. The van der Waals surface area contributed by atoms with E-state index in [0.29, 0.717) is 11.4 Å². The number of anilines is 1. The minimum atomic E-state index is -3.61. The van der Waals surface area contributed by atoms with Crippen LogP contribution in [-0.4, -0.2) is 49.1 Å². The normalized spacial score (nSPS) is 16.8. The van der Waals surface area contributed by atoms with Gasteiger partial charge in [0.15, 0.2) is 9.84 Å². The largest absolute Gasteiger partial charge is 0.324 e. The molecule has 1 aliphatic rings. The number of aryl methyl sites for hydroxylation is 1. The quantitative estimate of drug-likeness (QED) is 0.819. The number of nitrogens with zero attached hydrogens (tertiary/aromatic N) is 1. The Bertz CT molecular complexity index is 1040. The second kappa shape index (κ2) is 7.92. The summed E-state index contributed by atoms with van der Waals surface area (Å²) < 4.78 is 37.5. The van der Waals surface area contributed by atoms with Crippen molar-refractivity contribution in [3.8, 4) is 0 Å². The van der Waals surface area contributed by atoms with Crippen molar-refractivity contribution in [1.82, 2.24) is 4.90 Å². The van der Waals surface area contributed by atoms with Crippen LogP contribution in [0, 0.1) is 12.7 Å². The number of rotatable bonds is 4. The van der Waals surface area contributed by atoms with E-state index in [2.05, 4.69) is 5.32 Å². The lowest BCUT2D eigenvalue weighted by Gasteiger charge is -2.24. The number of amides is 2. The third-order valence-corrected chi connectivity index (χ3v) is 6.47. The molecule has 9 heteroatoms. The van der Waals surface area contributed by atoms with Gasteiger partial charge < -0.3 is 10.2 Å². The zero-order chi connectivity index (χ0) is 20.5. The molecule has 1 heterocycles. The fourth-order valence-corrected chi connectivity index (χ4v) is 4.96. The van der Waals surface area contributed by atoms with E-state index in [9.17, 15) is 22.4 Å². The van der Waals surface area contributed by atoms with Crippen LogP contribution < -0.4 is 5.32 Å². The predicted octanol–water partition coefficient (Wildman–Crippen LogP) is 2.69. The van der Waals surface area contributed by atoms with Gasteiger partial charge in [0.05, 0.1) is 16.3 Å². The fraction of sp³-hybridized carbons (Fsp3) is 0.263. The Kier molecular flexibility index (Phi) is 5.76. The zero-order valence-electron chi connectivity index (χ0n) is 15.3. The summed E-state index contributed by atoms with van der Waals surface area (Å²) in [5.74, 6) is -0.820. The summed E-state index contributed by atoms with van der Waals surface area (Å²) >= 11 is 1.39. The second-order valence-corrected chi connectivity index (χ2v) is 9.55. The van der Waals surface area contributed by atoms with Crippen molar-refractivity contribution >= 4 is 39.1 Å². The average Bonchev–Trinajstić information content (AvgIpc) is 3.09. The van der Waals surface area contributed by atoms with Gasteiger partial charge in [-0.05, 0) is 37.3 Å². The molecule has 148 valence electrons. The standard InChI is InChI=1S/C19H19FN2O4S2/c1-12-6-7-17(28(2,25)26)15(8-12)19(24)22-11-27-10-16(22)18(23)21-14-5-3-4-13(20)9-14/h3-9,16H,10-11H2,1-2H3,(H,21,23). The summed E-state index contributed by atoms with van der Waals surface area (Å²) in [6.45, 7) is 1.76. The summed E-state index contributed by atoms with van der Waals surface area (Å²) in [6.07, 6.45) is 1.04. The van der Waals surface area contributed by atoms with E-state index >= 15 is 0 Å². The second-order valence-electron chi connectivity index (χ2n) is 6.56. The van der Waals surface area contributed by atoms with E-state index in [1.807, 2.05) is 0 Å². The Balaban J connectivity index is 1.88. The molecule has 2 amide bonds. The first-order chi connectivity index (χ1) is 13.2. The van der Waals surface area contributed by atoms with Crippen molar-refractivity contribution in [2.75, 3.05) is 23.2 Å². The van der Waals surface area contributed by atoms with Crippen LogP contribution in [0.1, 0.15) is 15.9 Å². The molecule has 0 aromatic heterocycles. The van der Waals surface area contributed by atoms with Crippen molar-refractivity contribution in [1.29, 1.82) is 0 Å². The smallest absolute Gasteiger partial charge is 0.256 e. The maximum atomic E-state index is 13.3. The number of carbonyl (C=O) groups is 2. The monoisotopic (exact) mass is 422 g/mol. The van der Waals surface area contributed by atoms with Gasteiger partial charge in [0.2, 0.25) is 5.91 Å². The van der Waals surface area contributed by atoms with Gasteiger partial charge in [-0.15, -0.1) is 11.8 Å². The molecule has 1 atom stereocenters. The molecule has 0 saturated carbocycles. The number of benzene rings is 2. The molecular weight excluding hydrogens is 403 g/mol. The minimum Gasteiger partial charge on any atom is -0.324 e. The van der Waals surface area contributed by atoms with Crippen LogP contribution >= 0.6 is 11.8 Å². The van der Waals surface area contributed by atoms with Crippen LogP contribution in [0.25, 0.3) is 0 Å². The Morgan fingerprint density at radius 2 is 1.96 bits per heavy atom. The Labute approximate surface area is 167 Å². The van der Waals surface area contributed by atoms with Gasteiger partial charge >= 0.3 is 0 Å². The van der Waals surface area contributed by atoms with E-state index in [1.165, 1.54) is 47.0 Å². The summed E-state index contributed by atoms with van der Waals surface area (Å²) in [4.78, 5) is 27.0. The van der Waals surface area contributed by atoms with Crippen LogP contribution in [0.3, 0.4) is 0 Å². The molecule has 1 fully saturated rings. The lowest BCUT2D eigenvalue weighted by molar-refractivity contribution is -0.119. The Hall–Kier alpha value is -2.39. The van der Waals surface area contributed by atoms with E-state index in [-0.39, 0.29) is 16.3 Å². The molecule has 6 nitrogen and oxygen atoms in total. The molecule has 0 spiro atoms. The van der Waals surface area contributed by atoms with Crippen molar-refractivity contribution in [2.45, 2.75) is 17.9 Å². The third kappa shape index (κ3) is 4.36. The minimum absolute atomic E-state index is 0.0496. The van der Waals surface area contributed by atoms with Gasteiger partial charge in [-0.1, -0.05) is 17.7 Å². The number of hydrogen-bond donors (Lipinski definition) is 1. The SMILES string of the molecule is Cc1ccc(S(C)(=O)=O)c(C(=O)N2CSCC2C(=O)Nc2cccc(F)c2)c1. The maximum absolute atomic E-state index is 13.3. The van der Waals surface area contributed by atoms with Crippen molar-refractivity contribution in [3.05, 3.63) is 59.4 Å². The summed E-state index contributed by atoms with van der Waals surface area (Å²) in [5, 5.41) is 2.61. The number of halogens is 1. The highest BCUT2D eigenvalue weighted by molar-refractivity contribution is 7.99. The highest BCUT2D eigenvalue weighted by Gasteiger charge is 2.36. The number of nitrogens with one attached hydrogen (secondary N) is 1. The van der Waals surface area contributed by atoms with Gasteiger partial charge in [0.25, 0.3) is 5.91 Å². The molecule has 1 N–H and O–H groups in total. The van der Waals surface area contributed by atoms with Crippen LogP contribution in [0.2, 0.25) is 0 Å². The number of carbonyl (C=O) groups excluding carboxylic acids is 2. The first-order valence-electron chi connectivity index (χ1n) is 8.42. The van der Waals surface area contributed by atoms with Gasteiger partial charge in [-0.25, -0.2) is 12.8 Å². The van der Waals surface area contributed by atoms with E-state index in [0.717, 1.165) is 11.8 Å². The maximum Gasteiger partial charge on any atom is 0.256 e. The van der Waals surface area contributed by atoms with Crippen LogP contribution in [0.5, 0.6) is 0 Å². The molecule has 2 aromatic rings. The summed E-state index contributed by atoms with van der Waals surface area (Å²) in [6, 6.07) is 9.25. The van der Waals surface area contributed by atoms with E-state index in [4.69, 9.17) is 0 Å². The third-order valence-electron chi connectivity index (χ3n) is 4.30. The molecule has 1 aliphatic heterocycles. The number of sulfone groups is 1. The predicted molar refractivity (Wildman–Crippen MR) is 107 cm³/mol. The Morgan fingerprint density at radius 3 is 2.64 bits per heavy atom. The average molecular weight is 423 g/mol. The number of thioether (sulfide) groups is 1. The summed E-state index contributed by atoms with van der Waals surface area (Å²) in [7, 11) is -3.61. The van der Waals surface area contributed by atoms with Gasteiger partial charge in [-0.2, -0.15) is 0 Å². The molecule has 28 heavy (non-hydrogen) atoms. The van der Waals surface area contributed by atoms with E-state index in [1.54, 1.807) is 19.1 Å². The van der Waals surface area contributed by atoms with Gasteiger partial charge in [0, 0.05) is 17.7 Å². The van der Waals surface area contributed by atoms with Gasteiger partial charge in [-0.3, -0.25) is 9.59 Å². The Morgan fingerprint density at radius 1 is 1.21 bits per heavy atom. The molecular formula is C19H19FN2O4S2. The van der Waals surface area contributed by atoms with E-state index < -0.39 is 33.5 Å². The highest BCUT2D eigenvalue weighted by atomic mass is 32.2. The van der Waals surface area contributed by atoms with Gasteiger partial charge in [0.1, 0.15) is 11.9 Å². The van der Waals surface area contributed by atoms with Crippen molar-refractivity contribution in [3.63, 3.8) is 0 Å². The van der Waals surface area contributed by atoms with Crippen molar-refractivity contribution in [2.24, 2.45) is 0 Å². The van der Waals surface area contributed by atoms with Crippen LogP contribution in [0.4, 0.5) is 10.1 Å². The molecule has 1 unspecified atom stereocenters. The molecule has 0 bridgehead atoms. The van der Waals surface area contributed by atoms with Crippen LogP contribution in [-0.2, 0) is 14.6 Å². The molecule has 2 aromatic carbocycles. The molecule has 1 saturated heterocycles.